The summed E-state index contributed by atoms with van der Waals surface area (Å²) >= 11 is 0. The maximum absolute atomic E-state index is 11.2. The number of hydrogen-bond acceptors (Lipinski definition) is 9. The minimum atomic E-state index is -0.359. The molecule has 10 nitrogen and oxygen atoms in total. The van der Waals surface area contributed by atoms with Crippen LogP contribution in [0.1, 0.15) is 16.8 Å². The largest absolute Gasteiger partial charge is 0.493 e. The van der Waals surface area contributed by atoms with Gasteiger partial charge in [-0.15, -0.1) is 0 Å². The zero-order valence-corrected chi connectivity index (χ0v) is 20.6. The lowest BCUT2D eigenvalue weighted by Gasteiger charge is -2.34. The lowest BCUT2D eigenvalue weighted by molar-refractivity contribution is -0.384. The molecule has 3 aromatic rings. The summed E-state index contributed by atoms with van der Waals surface area (Å²) in [6.45, 7) is 5.62. The second kappa shape index (κ2) is 10.5. The van der Waals surface area contributed by atoms with Gasteiger partial charge in [-0.2, -0.15) is 4.98 Å². The van der Waals surface area contributed by atoms with Crippen molar-refractivity contribution in [3.63, 3.8) is 0 Å². The molecule has 1 fully saturated rings. The Morgan fingerprint density at radius 3 is 2.53 bits per heavy atom. The molecule has 5 rings (SSSR count). The molecule has 0 spiro atoms. The van der Waals surface area contributed by atoms with Gasteiger partial charge in [0.2, 0.25) is 11.8 Å². The van der Waals surface area contributed by atoms with E-state index in [4.69, 9.17) is 19.4 Å². The summed E-state index contributed by atoms with van der Waals surface area (Å²) in [7, 11) is 3.74. The molecule has 36 heavy (non-hydrogen) atoms. The van der Waals surface area contributed by atoms with Crippen molar-refractivity contribution in [3.05, 3.63) is 75.5 Å². The second-order valence-corrected chi connectivity index (χ2v) is 9.18. The van der Waals surface area contributed by atoms with Crippen LogP contribution in [0.4, 0.5) is 11.6 Å². The van der Waals surface area contributed by atoms with Crippen LogP contribution in [-0.2, 0) is 19.5 Å². The van der Waals surface area contributed by atoms with E-state index in [9.17, 15) is 10.1 Å². The highest BCUT2D eigenvalue weighted by Crippen LogP contribution is 2.36. The predicted molar refractivity (Wildman–Crippen MR) is 136 cm³/mol. The topological polar surface area (TPSA) is 97.1 Å². The van der Waals surface area contributed by atoms with E-state index < -0.39 is 0 Å². The molecule has 3 heterocycles. The Bertz CT molecular complexity index is 1240. The monoisotopic (exact) mass is 490 g/mol. The number of rotatable bonds is 7. The van der Waals surface area contributed by atoms with Gasteiger partial charge in [0.25, 0.3) is 5.69 Å². The quantitative estimate of drug-likeness (QED) is 0.364. The molecule has 1 aromatic heterocycles. The van der Waals surface area contributed by atoms with E-state index in [-0.39, 0.29) is 10.6 Å². The lowest BCUT2D eigenvalue weighted by Crippen LogP contribution is -2.45. The van der Waals surface area contributed by atoms with Gasteiger partial charge in [0, 0.05) is 64.4 Å². The van der Waals surface area contributed by atoms with Crippen LogP contribution in [0.25, 0.3) is 0 Å². The standard InChI is InChI=1S/C26H30N6O4/c1-29-12-14-31(15-13-29)26-27-22-10-11-30(17-19-6-5-7-20(16-19)32(33)34)18-21(22)25(28-26)36-24-9-4-3-8-23(24)35-2/h3-9,16H,10-15,17-18H2,1-2H3. The predicted octanol–water partition coefficient (Wildman–Crippen LogP) is 3.50. The Morgan fingerprint density at radius 2 is 1.78 bits per heavy atom. The van der Waals surface area contributed by atoms with E-state index in [1.165, 1.54) is 6.07 Å². The number of nitro groups is 1. The van der Waals surface area contributed by atoms with Gasteiger partial charge < -0.3 is 19.3 Å². The van der Waals surface area contributed by atoms with Gasteiger partial charge in [0.05, 0.1) is 23.3 Å². The van der Waals surface area contributed by atoms with Gasteiger partial charge in [-0.1, -0.05) is 24.3 Å². The van der Waals surface area contributed by atoms with Crippen molar-refractivity contribution in [2.24, 2.45) is 0 Å². The number of benzene rings is 2. The van der Waals surface area contributed by atoms with E-state index in [0.717, 1.165) is 56.0 Å². The van der Waals surface area contributed by atoms with Crippen LogP contribution < -0.4 is 14.4 Å². The number of nitro benzene ring substituents is 1. The van der Waals surface area contributed by atoms with Crippen LogP contribution in [0, 0.1) is 10.1 Å². The number of methoxy groups -OCH3 is 1. The van der Waals surface area contributed by atoms with Crippen LogP contribution >= 0.6 is 0 Å². The van der Waals surface area contributed by atoms with Gasteiger partial charge in [0.1, 0.15) is 0 Å². The molecule has 0 bridgehead atoms. The SMILES string of the molecule is COc1ccccc1Oc1nc(N2CCN(C)CC2)nc2c1CN(Cc1cccc([N+](=O)[O-])c1)CC2. The third-order valence-electron chi connectivity index (χ3n) is 6.68. The van der Waals surface area contributed by atoms with Crippen molar-refractivity contribution in [2.45, 2.75) is 19.5 Å². The minimum Gasteiger partial charge on any atom is -0.493 e. The van der Waals surface area contributed by atoms with Gasteiger partial charge in [0.15, 0.2) is 11.5 Å². The number of para-hydroxylation sites is 2. The molecule has 0 atom stereocenters. The van der Waals surface area contributed by atoms with Gasteiger partial charge >= 0.3 is 0 Å². The lowest BCUT2D eigenvalue weighted by atomic mass is 10.1. The summed E-state index contributed by atoms with van der Waals surface area (Å²) in [4.78, 5) is 27.4. The van der Waals surface area contributed by atoms with E-state index >= 15 is 0 Å². The fourth-order valence-corrected chi connectivity index (χ4v) is 4.63. The Labute approximate surface area is 210 Å². The van der Waals surface area contributed by atoms with Crippen LogP contribution in [0.15, 0.2) is 48.5 Å². The number of anilines is 1. The molecule has 0 aliphatic carbocycles. The summed E-state index contributed by atoms with van der Waals surface area (Å²) < 4.78 is 11.9. The number of non-ortho nitro benzene ring substituents is 1. The first kappa shape index (κ1) is 24.0. The summed E-state index contributed by atoms with van der Waals surface area (Å²) in [6.07, 6.45) is 0.746. The number of aromatic nitrogens is 2. The molecule has 0 N–H and O–H groups in total. The molecule has 0 radical (unpaired) electrons. The van der Waals surface area contributed by atoms with Crippen LogP contribution in [0.2, 0.25) is 0 Å². The number of hydrogen-bond donors (Lipinski definition) is 0. The fraction of sp³-hybridized carbons (Fsp3) is 0.385. The summed E-state index contributed by atoms with van der Waals surface area (Å²) in [5, 5.41) is 11.2. The van der Waals surface area contributed by atoms with Crippen molar-refractivity contribution >= 4 is 11.6 Å². The number of likely N-dealkylation sites (N-methyl/N-ethyl adjacent to an activating group) is 1. The molecular weight excluding hydrogens is 460 g/mol. The number of nitrogens with zero attached hydrogens (tertiary/aromatic N) is 6. The van der Waals surface area contributed by atoms with E-state index in [1.807, 2.05) is 30.3 Å². The van der Waals surface area contributed by atoms with Crippen molar-refractivity contribution in [2.75, 3.05) is 51.8 Å². The molecule has 0 saturated carbocycles. The molecule has 2 aliphatic heterocycles. The van der Waals surface area contributed by atoms with E-state index in [1.54, 1.807) is 19.2 Å². The highest BCUT2D eigenvalue weighted by Gasteiger charge is 2.27. The third kappa shape index (κ3) is 5.24. The average Bonchev–Trinajstić information content (AvgIpc) is 2.89. The van der Waals surface area contributed by atoms with Crippen LogP contribution in [-0.4, -0.2) is 71.6 Å². The molecule has 0 unspecified atom stereocenters. The number of fused-ring (bicyclic) bond motifs is 1. The zero-order valence-electron chi connectivity index (χ0n) is 20.6. The van der Waals surface area contributed by atoms with Crippen molar-refractivity contribution < 1.29 is 14.4 Å². The van der Waals surface area contributed by atoms with Gasteiger partial charge in [-0.05, 0) is 24.7 Å². The Kier molecular flexibility index (Phi) is 6.97. The summed E-state index contributed by atoms with van der Waals surface area (Å²) in [5.74, 6) is 2.46. The van der Waals surface area contributed by atoms with Crippen LogP contribution in [0.5, 0.6) is 17.4 Å². The molecule has 1 saturated heterocycles. The van der Waals surface area contributed by atoms with E-state index in [2.05, 4.69) is 21.7 Å². The van der Waals surface area contributed by atoms with Crippen molar-refractivity contribution in [1.29, 1.82) is 0 Å². The molecule has 10 heteroatoms. The molecular formula is C26H30N6O4. The molecule has 0 amide bonds. The van der Waals surface area contributed by atoms with Crippen LogP contribution in [0.3, 0.4) is 0 Å². The van der Waals surface area contributed by atoms with E-state index in [0.29, 0.717) is 36.4 Å². The van der Waals surface area contributed by atoms with Crippen molar-refractivity contribution in [1.82, 2.24) is 19.8 Å². The smallest absolute Gasteiger partial charge is 0.269 e. The Balaban J connectivity index is 1.45. The molecule has 2 aliphatic rings. The first-order valence-electron chi connectivity index (χ1n) is 12.1. The first-order valence-corrected chi connectivity index (χ1v) is 12.1. The summed E-state index contributed by atoms with van der Waals surface area (Å²) in [6, 6.07) is 14.3. The Hall–Kier alpha value is -3.76. The van der Waals surface area contributed by atoms with Gasteiger partial charge in [-0.3, -0.25) is 15.0 Å². The summed E-state index contributed by atoms with van der Waals surface area (Å²) in [5.41, 5.74) is 2.93. The second-order valence-electron chi connectivity index (χ2n) is 9.18. The highest BCUT2D eigenvalue weighted by atomic mass is 16.6. The van der Waals surface area contributed by atoms with Gasteiger partial charge in [-0.25, -0.2) is 4.98 Å². The average molecular weight is 491 g/mol. The maximum atomic E-state index is 11.2. The zero-order chi connectivity index (χ0) is 25.1. The normalized spacial score (nSPS) is 16.4. The maximum Gasteiger partial charge on any atom is 0.269 e. The molecule has 188 valence electrons. The van der Waals surface area contributed by atoms with Crippen molar-refractivity contribution in [3.8, 4) is 17.4 Å². The number of ether oxygens (including phenoxy) is 2. The highest BCUT2D eigenvalue weighted by molar-refractivity contribution is 5.47. The minimum absolute atomic E-state index is 0.102. The fourth-order valence-electron chi connectivity index (χ4n) is 4.63. The number of piperazine rings is 1. The third-order valence-corrected chi connectivity index (χ3v) is 6.68. The first-order chi connectivity index (χ1) is 17.5. The Morgan fingerprint density at radius 1 is 1.00 bits per heavy atom. The molecule has 2 aromatic carbocycles.